The van der Waals surface area contributed by atoms with Crippen molar-refractivity contribution in [2.45, 2.75) is 19.9 Å². The van der Waals surface area contributed by atoms with Gasteiger partial charge in [-0.15, -0.1) is 0 Å². The Labute approximate surface area is 115 Å². The van der Waals surface area contributed by atoms with Gasteiger partial charge in [-0.1, -0.05) is 0 Å². The lowest BCUT2D eigenvalue weighted by molar-refractivity contribution is 0.429. The van der Waals surface area contributed by atoms with E-state index in [1.165, 1.54) is 18.2 Å². The van der Waals surface area contributed by atoms with Crippen LogP contribution in [0.4, 0.5) is 13.2 Å². The van der Waals surface area contributed by atoms with Crippen LogP contribution >= 0.6 is 0 Å². The normalized spacial score (nSPS) is 12.3. The summed E-state index contributed by atoms with van der Waals surface area (Å²) in [6.07, 6.45) is 0. The summed E-state index contributed by atoms with van der Waals surface area (Å²) in [5.74, 6) is -1.83. The molecule has 2 nitrogen and oxygen atoms in total. The lowest BCUT2D eigenvalue weighted by atomic mass is 10.1. The number of hydrogen-bond donors (Lipinski definition) is 1. The third kappa shape index (κ3) is 2.93. The molecular weight excluding hydrogens is 267 g/mol. The summed E-state index contributed by atoms with van der Waals surface area (Å²) in [7, 11) is 0. The van der Waals surface area contributed by atoms with E-state index in [1.807, 2.05) is 0 Å². The third-order valence-electron chi connectivity index (χ3n) is 2.90. The number of hydrogen-bond acceptors (Lipinski definition) is 2. The molecule has 20 heavy (non-hydrogen) atoms. The summed E-state index contributed by atoms with van der Waals surface area (Å²) in [4.78, 5) is 0. The molecule has 0 spiro atoms. The first-order valence-corrected chi connectivity index (χ1v) is 6.07. The van der Waals surface area contributed by atoms with Gasteiger partial charge < -0.3 is 10.5 Å². The van der Waals surface area contributed by atoms with Gasteiger partial charge >= 0.3 is 0 Å². The predicted molar refractivity (Wildman–Crippen MR) is 70.2 cm³/mol. The van der Waals surface area contributed by atoms with Crippen LogP contribution < -0.4 is 10.5 Å². The number of halogens is 3. The summed E-state index contributed by atoms with van der Waals surface area (Å²) in [6, 6.07) is 5.20. The minimum atomic E-state index is -0.831. The zero-order valence-corrected chi connectivity index (χ0v) is 11.1. The minimum Gasteiger partial charge on any atom is -0.454 e. The van der Waals surface area contributed by atoms with Gasteiger partial charge in [0.15, 0.2) is 11.6 Å². The molecule has 1 unspecified atom stereocenters. The van der Waals surface area contributed by atoms with Crippen LogP contribution in [-0.2, 0) is 0 Å². The maximum absolute atomic E-state index is 13.6. The zero-order valence-electron chi connectivity index (χ0n) is 11.1. The molecule has 0 aliphatic rings. The Bertz CT molecular complexity index is 641. The lowest BCUT2D eigenvalue weighted by Crippen LogP contribution is -2.08. The first-order chi connectivity index (χ1) is 9.38. The van der Waals surface area contributed by atoms with Crippen LogP contribution in [0.3, 0.4) is 0 Å². The van der Waals surface area contributed by atoms with Crippen molar-refractivity contribution in [3.8, 4) is 11.5 Å². The Hall–Kier alpha value is -2.01. The molecule has 2 aromatic carbocycles. The van der Waals surface area contributed by atoms with Gasteiger partial charge in [0.1, 0.15) is 17.4 Å². The van der Waals surface area contributed by atoms with Gasteiger partial charge in [-0.2, -0.15) is 0 Å². The summed E-state index contributed by atoms with van der Waals surface area (Å²) < 4.78 is 45.4. The monoisotopic (exact) mass is 281 g/mol. The fourth-order valence-electron chi connectivity index (χ4n) is 1.79. The molecule has 106 valence electrons. The number of ether oxygens (including phenoxy) is 1. The molecule has 2 rings (SSSR count). The maximum atomic E-state index is 13.6. The maximum Gasteiger partial charge on any atom is 0.168 e. The molecule has 1 atom stereocenters. The molecule has 0 fully saturated rings. The van der Waals surface area contributed by atoms with E-state index in [1.54, 1.807) is 13.8 Å². The SMILES string of the molecule is Cc1cc(Oc2ccc(F)cc2F)c(C(C)N)cc1F. The first kappa shape index (κ1) is 14.4. The summed E-state index contributed by atoms with van der Waals surface area (Å²) in [5.41, 5.74) is 6.52. The second kappa shape index (κ2) is 5.54. The minimum absolute atomic E-state index is 0.140. The molecule has 0 saturated carbocycles. The van der Waals surface area contributed by atoms with E-state index in [2.05, 4.69) is 0 Å². The van der Waals surface area contributed by atoms with Crippen molar-refractivity contribution in [3.63, 3.8) is 0 Å². The van der Waals surface area contributed by atoms with E-state index in [0.717, 1.165) is 12.1 Å². The largest absolute Gasteiger partial charge is 0.454 e. The molecule has 0 bridgehead atoms. The molecule has 0 aromatic heterocycles. The van der Waals surface area contributed by atoms with Crippen molar-refractivity contribution >= 4 is 0 Å². The fourth-order valence-corrected chi connectivity index (χ4v) is 1.79. The number of benzene rings is 2. The highest BCUT2D eigenvalue weighted by Gasteiger charge is 2.15. The second-order valence-electron chi connectivity index (χ2n) is 4.60. The van der Waals surface area contributed by atoms with E-state index < -0.39 is 23.5 Å². The average Bonchev–Trinajstić information content (AvgIpc) is 2.36. The van der Waals surface area contributed by atoms with Crippen LogP contribution in [-0.4, -0.2) is 0 Å². The topological polar surface area (TPSA) is 35.2 Å². The average molecular weight is 281 g/mol. The van der Waals surface area contributed by atoms with Gasteiger partial charge in [-0.3, -0.25) is 0 Å². The predicted octanol–water partition coefficient (Wildman–Crippen LogP) is 4.22. The first-order valence-electron chi connectivity index (χ1n) is 6.07. The van der Waals surface area contributed by atoms with E-state index in [9.17, 15) is 13.2 Å². The Morgan fingerprint density at radius 1 is 1.00 bits per heavy atom. The smallest absolute Gasteiger partial charge is 0.168 e. The van der Waals surface area contributed by atoms with Gasteiger partial charge in [-0.05, 0) is 43.7 Å². The van der Waals surface area contributed by atoms with Crippen molar-refractivity contribution in [3.05, 3.63) is 58.9 Å². The Morgan fingerprint density at radius 3 is 2.30 bits per heavy atom. The highest BCUT2D eigenvalue weighted by atomic mass is 19.1. The molecule has 5 heteroatoms. The van der Waals surface area contributed by atoms with Crippen molar-refractivity contribution in [1.29, 1.82) is 0 Å². The van der Waals surface area contributed by atoms with Crippen LogP contribution in [0.25, 0.3) is 0 Å². The van der Waals surface area contributed by atoms with Crippen LogP contribution in [0.5, 0.6) is 11.5 Å². The van der Waals surface area contributed by atoms with E-state index in [0.29, 0.717) is 11.1 Å². The van der Waals surface area contributed by atoms with Gasteiger partial charge in [-0.25, -0.2) is 13.2 Å². The van der Waals surface area contributed by atoms with Gasteiger partial charge in [0.25, 0.3) is 0 Å². The molecule has 0 radical (unpaired) electrons. The lowest BCUT2D eigenvalue weighted by Gasteiger charge is -2.15. The van der Waals surface area contributed by atoms with Crippen molar-refractivity contribution in [2.75, 3.05) is 0 Å². The zero-order chi connectivity index (χ0) is 14.9. The second-order valence-corrected chi connectivity index (χ2v) is 4.60. The molecule has 0 aliphatic carbocycles. The fraction of sp³-hybridized carbons (Fsp3) is 0.200. The van der Waals surface area contributed by atoms with Gasteiger partial charge in [0.2, 0.25) is 0 Å². The summed E-state index contributed by atoms with van der Waals surface area (Å²) >= 11 is 0. The van der Waals surface area contributed by atoms with Gasteiger partial charge in [0.05, 0.1) is 0 Å². The van der Waals surface area contributed by atoms with Crippen molar-refractivity contribution in [2.24, 2.45) is 5.73 Å². The molecule has 2 aromatic rings. The molecule has 2 N–H and O–H groups in total. The summed E-state index contributed by atoms with van der Waals surface area (Å²) in [6.45, 7) is 3.23. The number of aryl methyl sites for hydroxylation is 1. The van der Waals surface area contributed by atoms with Crippen molar-refractivity contribution in [1.82, 2.24) is 0 Å². The van der Waals surface area contributed by atoms with Crippen LogP contribution in [0.15, 0.2) is 30.3 Å². The van der Waals surface area contributed by atoms with Crippen LogP contribution in [0.1, 0.15) is 24.1 Å². The molecule has 0 saturated heterocycles. The van der Waals surface area contributed by atoms with E-state index in [-0.39, 0.29) is 11.5 Å². The Kier molecular flexibility index (Phi) is 3.99. The number of rotatable bonds is 3. The van der Waals surface area contributed by atoms with Crippen LogP contribution in [0.2, 0.25) is 0 Å². The highest BCUT2D eigenvalue weighted by Crippen LogP contribution is 2.32. The van der Waals surface area contributed by atoms with E-state index >= 15 is 0 Å². The highest BCUT2D eigenvalue weighted by molar-refractivity contribution is 5.43. The molecule has 0 amide bonds. The standard InChI is InChI=1S/C15H14F3NO/c1-8-5-15(11(9(2)19)7-12(8)17)20-14-4-3-10(16)6-13(14)18/h3-7,9H,19H2,1-2H3. The Morgan fingerprint density at radius 2 is 1.70 bits per heavy atom. The van der Waals surface area contributed by atoms with E-state index in [4.69, 9.17) is 10.5 Å². The third-order valence-corrected chi connectivity index (χ3v) is 2.90. The molecule has 0 heterocycles. The number of nitrogens with two attached hydrogens (primary N) is 1. The molecule has 0 aliphatic heterocycles. The Balaban J connectivity index is 2.44. The van der Waals surface area contributed by atoms with Gasteiger partial charge in [0, 0.05) is 17.7 Å². The summed E-state index contributed by atoms with van der Waals surface area (Å²) in [5, 5.41) is 0. The molecular formula is C15H14F3NO. The van der Waals surface area contributed by atoms with Crippen LogP contribution in [0, 0.1) is 24.4 Å². The quantitative estimate of drug-likeness (QED) is 0.914. The van der Waals surface area contributed by atoms with Crippen molar-refractivity contribution < 1.29 is 17.9 Å².